The summed E-state index contributed by atoms with van der Waals surface area (Å²) in [6, 6.07) is 0.233. The first kappa shape index (κ1) is 10.1. The van der Waals surface area contributed by atoms with E-state index in [1.807, 2.05) is 0 Å². The molecule has 2 heterocycles. The van der Waals surface area contributed by atoms with Crippen LogP contribution in [0.3, 0.4) is 0 Å². The number of hydrogen-bond donors (Lipinski definition) is 2. The zero-order valence-electron chi connectivity index (χ0n) is 8.20. The Bertz CT molecular complexity index is 358. The lowest BCUT2D eigenvalue weighted by atomic mass is 10.1. The number of nitrogens with two attached hydrogens (primary N) is 1. The van der Waals surface area contributed by atoms with Gasteiger partial charge in [0, 0.05) is 26.2 Å². The molecule has 0 bridgehead atoms. The molecule has 0 unspecified atom stereocenters. The van der Waals surface area contributed by atoms with Gasteiger partial charge in [-0.25, -0.2) is 9.48 Å². The Morgan fingerprint density at radius 3 is 2.93 bits per heavy atom. The van der Waals surface area contributed by atoms with Crippen LogP contribution in [0.2, 0.25) is 0 Å². The van der Waals surface area contributed by atoms with Gasteiger partial charge in [-0.15, -0.1) is 5.10 Å². The number of rotatable bonds is 4. The fourth-order valence-electron chi connectivity index (χ4n) is 1.63. The zero-order valence-corrected chi connectivity index (χ0v) is 8.20. The van der Waals surface area contributed by atoms with Crippen LogP contribution in [0.1, 0.15) is 16.5 Å². The second-order valence-electron chi connectivity index (χ2n) is 3.59. The zero-order chi connectivity index (χ0) is 10.8. The predicted molar refractivity (Wildman–Crippen MR) is 51.5 cm³/mol. The number of carboxylic acid groups (broad SMARTS) is 1. The van der Waals surface area contributed by atoms with Gasteiger partial charge in [0.1, 0.15) is 0 Å². The Kier molecular flexibility index (Phi) is 2.65. The molecule has 1 aliphatic heterocycles. The summed E-state index contributed by atoms with van der Waals surface area (Å²) in [7, 11) is 0. The molecule has 2 rings (SSSR count). The second-order valence-corrected chi connectivity index (χ2v) is 3.59. The van der Waals surface area contributed by atoms with E-state index in [1.54, 1.807) is 4.68 Å². The molecule has 1 aromatic rings. The lowest BCUT2D eigenvalue weighted by molar-refractivity contribution is 0.0690. The summed E-state index contributed by atoms with van der Waals surface area (Å²) in [4.78, 5) is 12.8. The number of carboxylic acids is 1. The van der Waals surface area contributed by atoms with E-state index in [1.165, 1.54) is 6.20 Å². The van der Waals surface area contributed by atoms with Crippen molar-refractivity contribution in [2.75, 3.05) is 26.2 Å². The molecular weight excluding hydrogens is 198 g/mol. The van der Waals surface area contributed by atoms with Gasteiger partial charge in [0.25, 0.3) is 0 Å². The van der Waals surface area contributed by atoms with Crippen LogP contribution in [-0.2, 0) is 0 Å². The third kappa shape index (κ3) is 1.97. The van der Waals surface area contributed by atoms with E-state index >= 15 is 0 Å². The molecule has 82 valence electrons. The van der Waals surface area contributed by atoms with E-state index in [9.17, 15) is 4.79 Å². The van der Waals surface area contributed by atoms with Crippen LogP contribution in [0, 0.1) is 0 Å². The summed E-state index contributed by atoms with van der Waals surface area (Å²) in [5.41, 5.74) is 5.41. The molecule has 15 heavy (non-hydrogen) atoms. The van der Waals surface area contributed by atoms with Crippen molar-refractivity contribution in [2.45, 2.75) is 6.04 Å². The van der Waals surface area contributed by atoms with Gasteiger partial charge in [-0.3, -0.25) is 4.90 Å². The Morgan fingerprint density at radius 2 is 2.40 bits per heavy atom. The van der Waals surface area contributed by atoms with Crippen LogP contribution in [0.4, 0.5) is 0 Å². The molecule has 1 aliphatic rings. The van der Waals surface area contributed by atoms with Gasteiger partial charge in [-0.2, -0.15) is 0 Å². The largest absolute Gasteiger partial charge is 0.476 e. The Balaban J connectivity index is 1.92. The van der Waals surface area contributed by atoms with Crippen molar-refractivity contribution in [3.63, 3.8) is 0 Å². The highest BCUT2D eigenvalue weighted by Crippen LogP contribution is 2.19. The number of likely N-dealkylation sites (tertiary alicyclic amines) is 1. The number of hydrogen-bond acceptors (Lipinski definition) is 5. The summed E-state index contributed by atoms with van der Waals surface area (Å²) >= 11 is 0. The molecule has 1 saturated heterocycles. The van der Waals surface area contributed by atoms with Gasteiger partial charge >= 0.3 is 5.97 Å². The van der Waals surface area contributed by atoms with Crippen molar-refractivity contribution >= 4 is 5.97 Å². The first-order chi connectivity index (χ1) is 7.20. The van der Waals surface area contributed by atoms with Gasteiger partial charge in [-0.05, 0) is 0 Å². The molecule has 0 aromatic carbocycles. The van der Waals surface area contributed by atoms with Crippen LogP contribution < -0.4 is 5.73 Å². The van der Waals surface area contributed by atoms with Gasteiger partial charge < -0.3 is 10.8 Å². The maximum Gasteiger partial charge on any atom is 0.358 e. The third-order valence-electron chi connectivity index (χ3n) is 2.49. The third-order valence-corrected chi connectivity index (χ3v) is 2.49. The second kappa shape index (κ2) is 3.95. The van der Waals surface area contributed by atoms with E-state index in [0.717, 1.165) is 19.6 Å². The van der Waals surface area contributed by atoms with E-state index < -0.39 is 5.97 Å². The van der Waals surface area contributed by atoms with Crippen molar-refractivity contribution in [1.29, 1.82) is 0 Å². The van der Waals surface area contributed by atoms with Crippen LogP contribution in [-0.4, -0.2) is 57.1 Å². The minimum atomic E-state index is -1.04. The van der Waals surface area contributed by atoms with Gasteiger partial charge in [-0.1, -0.05) is 5.21 Å². The minimum absolute atomic E-state index is 0.00715. The average molecular weight is 211 g/mol. The summed E-state index contributed by atoms with van der Waals surface area (Å²) < 4.78 is 1.61. The van der Waals surface area contributed by atoms with Crippen molar-refractivity contribution in [3.05, 3.63) is 11.9 Å². The van der Waals surface area contributed by atoms with Crippen molar-refractivity contribution < 1.29 is 9.90 Å². The Morgan fingerprint density at radius 1 is 1.67 bits per heavy atom. The summed E-state index contributed by atoms with van der Waals surface area (Å²) in [5.74, 6) is -1.04. The predicted octanol–water partition coefficient (Wildman–Crippen LogP) is -1.21. The molecule has 7 heteroatoms. The molecule has 0 radical (unpaired) electrons. The highest BCUT2D eigenvalue weighted by molar-refractivity contribution is 5.84. The Labute approximate surface area is 86.5 Å². The monoisotopic (exact) mass is 211 g/mol. The molecular formula is C8H13N5O2. The normalized spacial score (nSPS) is 17.7. The molecule has 7 nitrogen and oxygen atoms in total. The molecule has 0 aliphatic carbocycles. The molecule has 0 saturated carbocycles. The number of carbonyl (C=O) groups is 1. The lowest BCUT2D eigenvalue weighted by Gasteiger charge is -2.38. The van der Waals surface area contributed by atoms with Crippen LogP contribution in [0.15, 0.2) is 6.20 Å². The highest BCUT2D eigenvalue weighted by atomic mass is 16.4. The number of nitrogens with zero attached hydrogens (tertiary/aromatic N) is 4. The Hall–Kier alpha value is -1.47. The highest BCUT2D eigenvalue weighted by Gasteiger charge is 2.28. The lowest BCUT2D eigenvalue weighted by Crippen LogP contribution is -2.49. The molecule has 0 atom stereocenters. The maximum absolute atomic E-state index is 10.6. The minimum Gasteiger partial charge on any atom is -0.476 e. The van der Waals surface area contributed by atoms with Gasteiger partial charge in [0.05, 0.1) is 12.2 Å². The van der Waals surface area contributed by atoms with Crippen LogP contribution in [0.5, 0.6) is 0 Å². The van der Waals surface area contributed by atoms with Crippen LogP contribution >= 0.6 is 0 Å². The summed E-state index contributed by atoms with van der Waals surface area (Å²) in [6.07, 6.45) is 1.47. The van der Waals surface area contributed by atoms with Crippen LogP contribution in [0.25, 0.3) is 0 Å². The van der Waals surface area contributed by atoms with E-state index in [0.29, 0.717) is 6.54 Å². The molecule has 1 aromatic heterocycles. The maximum atomic E-state index is 10.6. The van der Waals surface area contributed by atoms with E-state index in [-0.39, 0.29) is 11.7 Å². The molecule has 3 N–H and O–H groups in total. The quantitative estimate of drug-likeness (QED) is 0.648. The smallest absolute Gasteiger partial charge is 0.358 e. The molecule has 0 amide bonds. The number of aromatic nitrogens is 3. The van der Waals surface area contributed by atoms with E-state index in [2.05, 4.69) is 15.2 Å². The first-order valence-corrected chi connectivity index (χ1v) is 4.78. The first-order valence-electron chi connectivity index (χ1n) is 4.78. The van der Waals surface area contributed by atoms with Gasteiger partial charge in [0.2, 0.25) is 0 Å². The van der Waals surface area contributed by atoms with Crippen molar-refractivity contribution in [3.8, 4) is 0 Å². The topological polar surface area (TPSA) is 97.3 Å². The molecule has 1 fully saturated rings. The van der Waals surface area contributed by atoms with Crippen molar-refractivity contribution in [2.24, 2.45) is 5.73 Å². The van der Waals surface area contributed by atoms with Crippen molar-refractivity contribution in [1.82, 2.24) is 19.9 Å². The standard InChI is InChI=1S/C8H13N5O2/c9-1-2-12-3-6(4-12)13-5-7(8(14)15)10-11-13/h5-6H,1-4,9H2,(H,14,15). The fraction of sp³-hybridized carbons (Fsp3) is 0.625. The SMILES string of the molecule is NCCN1CC(n2cc(C(=O)O)nn2)C1. The average Bonchev–Trinajstić information content (AvgIpc) is 2.59. The van der Waals surface area contributed by atoms with E-state index in [4.69, 9.17) is 10.8 Å². The van der Waals surface area contributed by atoms with Gasteiger partial charge in [0.15, 0.2) is 5.69 Å². The molecule has 0 spiro atoms. The number of aromatic carboxylic acids is 1. The fourth-order valence-corrected chi connectivity index (χ4v) is 1.63. The summed E-state index contributed by atoms with van der Waals surface area (Å²) in [5, 5.41) is 16.0. The summed E-state index contributed by atoms with van der Waals surface area (Å²) in [6.45, 7) is 3.24.